The molecule has 0 unspecified atom stereocenters. The van der Waals surface area contributed by atoms with Crippen molar-refractivity contribution in [2.75, 3.05) is 19.8 Å². The maximum Gasteiger partial charge on any atom is 0.224 e. The first kappa shape index (κ1) is 14.3. The summed E-state index contributed by atoms with van der Waals surface area (Å²) in [4.78, 5) is 11.6. The van der Waals surface area contributed by atoms with E-state index in [9.17, 15) is 4.79 Å². The molecular formula is C12H15Cl2NO2. The van der Waals surface area contributed by atoms with E-state index in [-0.39, 0.29) is 12.3 Å². The maximum atomic E-state index is 11.6. The van der Waals surface area contributed by atoms with Crippen LogP contribution in [0.5, 0.6) is 0 Å². The van der Waals surface area contributed by atoms with Crippen LogP contribution in [0, 0.1) is 0 Å². The number of carbonyl (C=O) groups is 1. The van der Waals surface area contributed by atoms with E-state index in [1.54, 1.807) is 18.2 Å². The molecule has 0 spiro atoms. The molecule has 1 rings (SSSR count). The predicted octanol–water partition coefficient (Wildman–Crippen LogP) is 2.69. The molecule has 94 valence electrons. The highest BCUT2D eigenvalue weighted by atomic mass is 35.5. The van der Waals surface area contributed by atoms with Crippen LogP contribution < -0.4 is 5.32 Å². The summed E-state index contributed by atoms with van der Waals surface area (Å²) in [6.07, 6.45) is 0.228. The Balaban J connectivity index is 2.42. The Hall–Kier alpha value is -0.770. The molecule has 0 saturated heterocycles. The van der Waals surface area contributed by atoms with Gasteiger partial charge in [-0.25, -0.2) is 0 Å². The number of benzene rings is 1. The van der Waals surface area contributed by atoms with Gasteiger partial charge in [-0.15, -0.1) is 0 Å². The third kappa shape index (κ3) is 5.39. The van der Waals surface area contributed by atoms with Crippen molar-refractivity contribution in [1.29, 1.82) is 0 Å². The molecule has 1 amide bonds. The van der Waals surface area contributed by atoms with E-state index < -0.39 is 0 Å². The average Bonchev–Trinajstić information content (AvgIpc) is 2.29. The summed E-state index contributed by atoms with van der Waals surface area (Å²) in [6.45, 7) is 3.58. The summed E-state index contributed by atoms with van der Waals surface area (Å²) >= 11 is 11.8. The molecule has 1 aromatic carbocycles. The second-order valence-corrected chi connectivity index (χ2v) is 4.30. The summed E-state index contributed by atoms with van der Waals surface area (Å²) in [5.74, 6) is -0.0890. The van der Waals surface area contributed by atoms with Gasteiger partial charge in [-0.05, 0) is 30.7 Å². The number of amides is 1. The highest BCUT2D eigenvalue weighted by Crippen LogP contribution is 2.20. The minimum atomic E-state index is -0.0890. The topological polar surface area (TPSA) is 38.3 Å². The van der Waals surface area contributed by atoms with Gasteiger partial charge >= 0.3 is 0 Å². The first-order chi connectivity index (χ1) is 8.13. The van der Waals surface area contributed by atoms with Crippen LogP contribution >= 0.6 is 23.2 Å². The SMILES string of the molecule is CCOCCNC(=O)Cc1cc(Cl)ccc1Cl. The Morgan fingerprint density at radius 1 is 1.41 bits per heavy atom. The zero-order valence-corrected chi connectivity index (χ0v) is 11.1. The van der Waals surface area contributed by atoms with Crippen molar-refractivity contribution in [3.63, 3.8) is 0 Å². The molecule has 0 aliphatic carbocycles. The molecule has 0 atom stereocenters. The number of carbonyl (C=O) groups excluding carboxylic acids is 1. The third-order valence-electron chi connectivity index (χ3n) is 2.13. The number of halogens is 2. The number of hydrogen-bond acceptors (Lipinski definition) is 2. The van der Waals surface area contributed by atoms with E-state index >= 15 is 0 Å². The molecule has 0 fully saturated rings. The van der Waals surface area contributed by atoms with Crippen molar-refractivity contribution in [2.45, 2.75) is 13.3 Å². The maximum absolute atomic E-state index is 11.6. The van der Waals surface area contributed by atoms with Crippen molar-refractivity contribution in [2.24, 2.45) is 0 Å². The van der Waals surface area contributed by atoms with E-state index in [4.69, 9.17) is 27.9 Å². The van der Waals surface area contributed by atoms with Crippen LogP contribution in [0.4, 0.5) is 0 Å². The van der Waals surface area contributed by atoms with Crippen molar-refractivity contribution < 1.29 is 9.53 Å². The number of nitrogens with one attached hydrogen (secondary N) is 1. The van der Waals surface area contributed by atoms with E-state index in [2.05, 4.69) is 5.32 Å². The molecule has 0 saturated carbocycles. The second-order valence-electron chi connectivity index (χ2n) is 3.46. The minimum Gasteiger partial charge on any atom is -0.380 e. The molecule has 17 heavy (non-hydrogen) atoms. The largest absolute Gasteiger partial charge is 0.380 e. The second kappa shape index (κ2) is 7.54. The first-order valence-corrected chi connectivity index (χ1v) is 6.17. The third-order valence-corrected chi connectivity index (χ3v) is 2.74. The number of ether oxygens (including phenoxy) is 1. The summed E-state index contributed by atoms with van der Waals surface area (Å²) in [7, 11) is 0. The lowest BCUT2D eigenvalue weighted by molar-refractivity contribution is -0.120. The average molecular weight is 276 g/mol. The molecule has 0 heterocycles. The van der Waals surface area contributed by atoms with E-state index in [0.717, 1.165) is 5.56 Å². The van der Waals surface area contributed by atoms with Crippen LogP contribution in [-0.4, -0.2) is 25.7 Å². The normalized spacial score (nSPS) is 10.3. The summed E-state index contributed by atoms with van der Waals surface area (Å²) < 4.78 is 5.12. The van der Waals surface area contributed by atoms with Crippen LogP contribution in [0.1, 0.15) is 12.5 Å². The minimum absolute atomic E-state index is 0.0890. The lowest BCUT2D eigenvalue weighted by Crippen LogP contribution is -2.28. The van der Waals surface area contributed by atoms with Crippen LogP contribution in [-0.2, 0) is 16.0 Å². The van der Waals surface area contributed by atoms with Crippen LogP contribution in [0.2, 0.25) is 10.0 Å². The lowest BCUT2D eigenvalue weighted by Gasteiger charge is -2.07. The van der Waals surface area contributed by atoms with Crippen molar-refractivity contribution in [3.8, 4) is 0 Å². The standard InChI is InChI=1S/C12H15Cl2NO2/c1-2-17-6-5-15-12(16)8-9-7-10(13)3-4-11(9)14/h3-4,7H,2,5-6,8H2,1H3,(H,15,16). The van der Waals surface area contributed by atoms with Gasteiger partial charge in [-0.2, -0.15) is 0 Å². The fourth-order valence-corrected chi connectivity index (χ4v) is 1.70. The van der Waals surface area contributed by atoms with E-state index in [1.807, 2.05) is 6.92 Å². The highest BCUT2D eigenvalue weighted by Gasteiger charge is 2.07. The van der Waals surface area contributed by atoms with Crippen molar-refractivity contribution >= 4 is 29.1 Å². The van der Waals surface area contributed by atoms with Gasteiger partial charge in [0.05, 0.1) is 13.0 Å². The van der Waals surface area contributed by atoms with Gasteiger partial charge in [0, 0.05) is 23.2 Å². The number of hydrogen-bond donors (Lipinski definition) is 1. The molecule has 0 aromatic heterocycles. The van der Waals surface area contributed by atoms with Gasteiger partial charge in [-0.1, -0.05) is 23.2 Å². The Bertz CT molecular complexity index is 383. The van der Waals surface area contributed by atoms with Gasteiger partial charge in [0.25, 0.3) is 0 Å². The Labute approximate surface area is 111 Å². The van der Waals surface area contributed by atoms with Crippen molar-refractivity contribution in [3.05, 3.63) is 33.8 Å². The molecular weight excluding hydrogens is 261 g/mol. The van der Waals surface area contributed by atoms with Crippen LogP contribution in [0.25, 0.3) is 0 Å². The lowest BCUT2D eigenvalue weighted by atomic mass is 10.1. The molecule has 1 N–H and O–H groups in total. The van der Waals surface area contributed by atoms with Gasteiger partial charge in [-0.3, -0.25) is 4.79 Å². The quantitative estimate of drug-likeness (QED) is 0.811. The molecule has 0 radical (unpaired) electrons. The van der Waals surface area contributed by atoms with Gasteiger partial charge in [0.1, 0.15) is 0 Å². The highest BCUT2D eigenvalue weighted by molar-refractivity contribution is 6.33. The molecule has 5 heteroatoms. The molecule has 3 nitrogen and oxygen atoms in total. The Morgan fingerprint density at radius 3 is 2.88 bits per heavy atom. The Kier molecular flexibility index (Phi) is 6.34. The van der Waals surface area contributed by atoms with Crippen LogP contribution in [0.3, 0.4) is 0 Å². The Morgan fingerprint density at radius 2 is 2.18 bits per heavy atom. The predicted molar refractivity (Wildman–Crippen MR) is 69.7 cm³/mol. The monoisotopic (exact) mass is 275 g/mol. The van der Waals surface area contributed by atoms with E-state index in [0.29, 0.717) is 29.8 Å². The fourth-order valence-electron chi connectivity index (χ4n) is 1.32. The first-order valence-electron chi connectivity index (χ1n) is 5.42. The summed E-state index contributed by atoms with van der Waals surface area (Å²) in [5.41, 5.74) is 0.730. The van der Waals surface area contributed by atoms with Gasteiger partial charge < -0.3 is 10.1 Å². The zero-order valence-electron chi connectivity index (χ0n) is 9.63. The van der Waals surface area contributed by atoms with Crippen LogP contribution in [0.15, 0.2) is 18.2 Å². The summed E-state index contributed by atoms with van der Waals surface area (Å²) in [5, 5.41) is 3.87. The molecule has 0 bridgehead atoms. The molecule has 1 aromatic rings. The molecule has 0 aliphatic heterocycles. The number of rotatable bonds is 6. The van der Waals surface area contributed by atoms with Gasteiger partial charge in [0.15, 0.2) is 0 Å². The smallest absolute Gasteiger partial charge is 0.224 e. The molecule has 0 aliphatic rings. The van der Waals surface area contributed by atoms with Crippen molar-refractivity contribution in [1.82, 2.24) is 5.32 Å². The van der Waals surface area contributed by atoms with E-state index in [1.165, 1.54) is 0 Å². The summed E-state index contributed by atoms with van der Waals surface area (Å²) in [6, 6.07) is 5.08. The zero-order chi connectivity index (χ0) is 12.7. The van der Waals surface area contributed by atoms with Gasteiger partial charge in [0.2, 0.25) is 5.91 Å². The fraction of sp³-hybridized carbons (Fsp3) is 0.417.